The normalized spacial score (nSPS) is 28.5. The van der Waals surface area contributed by atoms with Crippen molar-refractivity contribution in [3.8, 4) is 0 Å². The van der Waals surface area contributed by atoms with E-state index in [1.807, 2.05) is 12.1 Å². The number of ketones is 1. The average molecular weight is 303 g/mol. The van der Waals surface area contributed by atoms with Crippen molar-refractivity contribution in [1.29, 1.82) is 0 Å². The summed E-state index contributed by atoms with van der Waals surface area (Å²) in [5, 5.41) is 0. The Morgan fingerprint density at radius 2 is 1.86 bits per heavy atom. The van der Waals surface area contributed by atoms with Crippen LogP contribution < -0.4 is 5.56 Å². The third kappa shape index (κ3) is 3.02. The maximum atomic E-state index is 12.4. The monoisotopic (exact) mass is 303 g/mol. The molecule has 3 rings (SSSR count). The van der Waals surface area contributed by atoms with E-state index in [1.165, 1.54) is 12.8 Å². The second-order valence-electron chi connectivity index (χ2n) is 6.88. The van der Waals surface area contributed by atoms with Crippen molar-refractivity contribution in [3.63, 3.8) is 0 Å². The van der Waals surface area contributed by atoms with Crippen LogP contribution in [0.25, 0.3) is 0 Å². The molecule has 2 heterocycles. The average Bonchev–Trinajstić information content (AvgIpc) is 2.52. The number of aromatic nitrogens is 1. The number of ether oxygens (including phenoxy) is 1. The van der Waals surface area contributed by atoms with E-state index in [2.05, 4.69) is 6.92 Å². The molecule has 1 saturated carbocycles. The van der Waals surface area contributed by atoms with E-state index in [-0.39, 0.29) is 17.4 Å². The molecular formula is C18H25NO3. The Bertz CT molecular complexity index is 611. The Balaban J connectivity index is 1.75. The van der Waals surface area contributed by atoms with Crippen molar-refractivity contribution in [2.24, 2.45) is 5.92 Å². The summed E-state index contributed by atoms with van der Waals surface area (Å²) in [5.74, 6) is 0.909. The first-order chi connectivity index (χ1) is 10.6. The van der Waals surface area contributed by atoms with Gasteiger partial charge in [0, 0.05) is 17.7 Å². The molecule has 0 aromatic carbocycles. The molecule has 1 aliphatic carbocycles. The van der Waals surface area contributed by atoms with Gasteiger partial charge in [0.15, 0.2) is 5.78 Å². The summed E-state index contributed by atoms with van der Waals surface area (Å²) < 4.78 is 7.69. The number of Topliss-reactive ketones (excluding diaryl/α,β-unsaturated/α-hetero) is 1. The largest absolute Gasteiger partial charge is 0.376 e. The van der Waals surface area contributed by atoms with E-state index >= 15 is 0 Å². The molecule has 0 bridgehead atoms. The van der Waals surface area contributed by atoms with Gasteiger partial charge in [-0.2, -0.15) is 0 Å². The fourth-order valence-electron chi connectivity index (χ4n) is 3.59. The van der Waals surface area contributed by atoms with Crippen LogP contribution in [0.15, 0.2) is 16.9 Å². The van der Waals surface area contributed by atoms with Crippen LogP contribution in [-0.4, -0.2) is 23.1 Å². The third-order valence-corrected chi connectivity index (χ3v) is 5.15. The van der Waals surface area contributed by atoms with Crippen LogP contribution in [0.1, 0.15) is 56.3 Å². The number of aryl methyl sites for hydroxylation is 2. The lowest BCUT2D eigenvalue weighted by atomic mass is 9.89. The molecule has 4 nitrogen and oxygen atoms in total. The molecule has 0 radical (unpaired) electrons. The Morgan fingerprint density at radius 3 is 2.59 bits per heavy atom. The minimum absolute atomic E-state index is 0.0450. The van der Waals surface area contributed by atoms with Crippen molar-refractivity contribution in [2.75, 3.05) is 6.61 Å². The molecule has 0 spiro atoms. The highest BCUT2D eigenvalue weighted by molar-refractivity contribution is 5.84. The van der Waals surface area contributed by atoms with Crippen LogP contribution in [0.2, 0.25) is 0 Å². The van der Waals surface area contributed by atoms with Crippen LogP contribution in [-0.2, 0) is 16.0 Å². The van der Waals surface area contributed by atoms with Gasteiger partial charge in [-0.05, 0) is 51.0 Å². The first-order valence-electron chi connectivity index (χ1n) is 8.41. The zero-order valence-electron chi connectivity index (χ0n) is 13.5. The molecule has 0 amide bonds. The number of carbonyl (C=O) groups excluding carboxylic acids is 1. The van der Waals surface area contributed by atoms with E-state index in [0.29, 0.717) is 25.0 Å². The highest BCUT2D eigenvalue weighted by Crippen LogP contribution is 2.27. The molecule has 1 aromatic heterocycles. The highest BCUT2D eigenvalue weighted by atomic mass is 16.5. The standard InChI is InChI=1S/C18H25NO3/c1-12-3-8-15(9-4-12)22-11-16-17(20)10-7-14-6-5-13(2)18(21)19(14)16/h5-6,12,15-16H,3-4,7-11H2,1-2H3. The molecule has 0 N–H and O–H groups in total. The van der Waals surface area contributed by atoms with Gasteiger partial charge in [-0.3, -0.25) is 14.2 Å². The maximum Gasteiger partial charge on any atom is 0.254 e. The van der Waals surface area contributed by atoms with Crippen molar-refractivity contribution >= 4 is 5.78 Å². The lowest BCUT2D eigenvalue weighted by Gasteiger charge is -2.31. The quantitative estimate of drug-likeness (QED) is 0.862. The number of rotatable bonds is 3. The molecule has 0 saturated heterocycles. The van der Waals surface area contributed by atoms with Gasteiger partial charge in [-0.15, -0.1) is 0 Å². The Labute approximate surface area is 131 Å². The van der Waals surface area contributed by atoms with E-state index in [4.69, 9.17) is 4.74 Å². The number of hydrogen-bond acceptors (Lipinski definition) is 3. The minimum Gasteiger partial charge on any atom is -0.376 e. The van der Waals surface area contributed by atoms with E-state index in [1.54, 1.807) is 11.5 Å². The number of pyridine rings is 1. The maximum absolute atomic E-state index is 12.4. The Hall–Kier alpha value is -1.42. The fraction of sp³-hybridized carbons (Fsp3) is 0.667. The molecule has 4 heteroatoms. The lowest BCUT2D eigenvalue weighted by Crippen LogP contribution is -2.40. The molecule has 1 aliphatic heterocycles. The highest BCUT2D eigenvalue weighted by Gasteiger charge is 2.30. The third-order valence-electron chi connectivity index (χ3n) is 5.15. The summed E-state index contributed by atoms with van der Waals surface area (Å²) >= 11 is 0. The first kappa shape index (κ1) is 15.5. The second kappa shape index (κ2) is 6.37. The Kier molecular flexibility index (Phi) is 4.48. The van der Waals surface area contributed by atoms with Gasteiger partial charge in [-0.1, -0.05) is 13.0 Å². The van der Waals surface area contributed by atoms with Crippen LogP contribution in [0.4, 0.5) is 0 Å². The molecule has 22 heavy (non-hydrogen) atoms. The summed E-state index contributed by atoms with van der Waals surface area (Å²) in [6.07, 6.45) is 5.94. The first-order valence-corrected chi connectivity index (χ1v) is 8.41. The topological polar surface area (TPSA) is 48.3 Å². The SMILES string of the molecule is Cc1ccc2n(c1=O)C(COC1CCC(C)CC1)C(=O)CC2. The molecule has 1 aromatic rings. The van der Waals surface area contributed by atoms with Crippen molar-refractivity contribution in [3.05, 3.63) is 33.7 Å². The molecule has 2 aliphatic rings. The zero-order chi connectivity index (χ0) is 15.7. The molecule has 1 atom stereocenters. The fourth-order valence-corrected chi connectivity index (χ4v) is 3.59. The molecule has 1 fully saturated rings. The zero-order valence-corrected chi connectivity index (χ0v) is 13.5. The summed E-state index contributed by atoms with van der Waals surface area (Å²) in [6.45, 7) is 4.42. The van der Waals surface area contributed by atoms with Gasteiger partial charge in [0.2, 0.25) is 0 Å². The smallest absolute Gasteiger partial charge is 0.254 e. The number of carbonyl (C=O) groups is 1. The summed E-state index contributed by atoms with van der Waals surface area (Å²) in [4.78, 5) is 24.7. The van der Waals surface area contributed by atoms with Crippen LogP contribution in [0.3, 0.4) is 0 Å². The number of hydrogen-bond donors (Lipinski definition) is 0. The number of fused-ring (bicyclic) bond motifs is 1. The molecule has 120 valence electrons. The van der Waals surface area contributed by atoms with Crippen molar-refractivity contribution < 1.29 is 9.53 Å². The number of nitrogens with zero attached hydrogens (tertiary/aromatic N) is 1. The van der Waals surface area contributed by atoms with Gasteiger partial charge >= 0.3 is 0 Å². The van der Waals surface area contributed by atoms with E-state index in [0.717, 1.165) is 24.5 Å². The summed E-state index contributed by atoms with van der Waals surface area (Å²) in [7, 11) is 0. The van der Waals surface area contributed by atoms with Crippen LogP contribution in [0.5, 0.6) is 0 Å². The van der Waals surface area contributed by atoms with E-state index in [9.17, 15) is 9.59 Å². The van der Waals surface area contributed by atoms with Gasteiger partial charge in [0.1, 0.15) is 6.04 Å². The predicted molar refractivity (Wildman–Crippen MR) is 85.2 cm³/mol. The van der Waals surface area contributed by atoms with Crippen LogP contribution in [0, 0.1) is 12.8 Å². The summed E-state index contributed by atoms with van der Waals surface area (Å²) in [5.41, 5.74) is 1.60. The second-order valence-corrected chi connectivity index (χ2v) is 6.88. The van der Waals surface area contributed by atoms with Crippen molar-refractivity contribution in [1.82, 2.24) is 4.57 Å². The van der Waals surface area contributed by atoms with Gasteiger partial charge in [0.25, 0.3) is 5.56 Å². The van der Waals surface area contributed by atoms with Gasteiger partial charge < -0.3 is 4.74 Å². The van der Waals surface area contributed by atoms with E-state index < -0.39 is 6.04 Å². The minimum atomic E-state index is -0.435. The van der Waals surface area contributed by atoms with Gasteiger partial charge in [-0.25, -0.2) is 0 Å². The molecular weight excluding hydrogens is 278 g/mol. The van der Waals surface area contributed by atoms with Gasteiger partial charge in [0.05, 0.1) is 12.7 Å². The predicted octanol–water partition coefficient (Wildman–Crippen LogP) is 2.81. The van der Waals surface area contributed by atoms with Crippen LogP contribution >= 0.6 is 0 Å². The summed E-state index contributed by atoms with van der Waals surface area (Å²) in [6, 6.07) is 3.39. The molecule has 1 unspecified atom stereocenters. The van der Waals surface area contributed by atoms with Crippen molar-refractivity contribution in [2.45, 2.75) is 64.5 Å². The lowest BCUT2D eigenvalue weighted by molar-refractivity contribution is -0.126. The Morgan fingerprint density at radius 1 is 1.14 bits per heavy atom.